The summed E-state index contributed by atoms with van der Waals surface area (Å²) < 4.78 is 13.1. The normalized spacial score (nSPS) is 23.0. The highest BCUT2D eigenvalue weighted by molar-refractivity contribution is 5.85. The molecule has 0 bridgehead atoms. The molecule has 0 saturated heterocycles. The predicted molar refractivity (Wildman–Crippen MR) is 116 cm³/mol. The molecule has 2 atom stereocenters. The highest BCUT2D eigenvalue weighted by atomic mass is 19.1. The van der Waals surface area contributed by atoms with E-state index in [0.29, 0.717) is 6.42 Å². The Hall–Kier alpha value is -2.82. The van der Waals surface area contributed by atoms with Gasteiger partial charge in [0.2, 0.25) is 5.91 Å². The first-order valence-electron chi connectivity index (χ1n) is 10.2. The molecule has 1 aromatic carbocycles. The minimum atomic E-state index is -0.441. The van der Waals surface area contributed by atoms with Crippen LogP contribution in [0.2, 0.25) is 0 Å². The van der Waals surface area contributed by atoms with Crippen molar-refractivity contribution >= 4 is 17.8 Å². The third kappa shape index (κ3) is 5.59. The molecule has 0 radical (unpaired) electrons. The van der Waals surface area contributed by atoms with E-state index >= 15 is 0 Å². The first kappa shape index (κ1) is 20.9. The van der Waals surface area contributed by atoms with Crippen molar-refractivity contribution in [1.82, 2.24) is 5.01 Å². The van der Waals surface area contributed by atoms with Crippen molar-refractivity contribution in [3.8, 4) is 0 Å². The fourth-order valence-corrected chi connectivity index (χ4v) is 3.87. The Balaban J connectivity index is 1.59. The van der Waals surface area contributed by atoms with Gasteiger partial charge in [-0.2, -0.15) is 5.10 Å². The molecule has 2 aliphatic rings. The topological polar surface area (TPSA) is 45.0 Å². The van der Waals surface area contributed by atoms with Crippen LogP contribution in [0.3, 0.4) is 0 Å². The van der Waals surface area contributed by atoms with E-state index in [1.807, 2.05) is 31.3 Å². The van der Waals surface area contributed by atoms with Gasteiger partial charge in [-0.05, 0) is 44.2 Å². The molecule has 1 heterocycles. The number of carbonyl (C=O) groups is 1. The molecule has 1 aliphatic heterocycles. The summed E-state index contributed by atoms with van der Waals surface area (Å²) in [5, 5.41) is 6.07. The quantitative estimate of drug-likeness (QED) is 0.337. The highest BCUT2D eigenvalue weighted by Crippen LogP contribution is 2.33. The van der Waals surface area contributed by atoms with Crippen LogP contribution in [0.1, 0.15) is 57.1 Å². The molecule has 0 N–H and O–H groups in total. The molecule has 0 aromatic heterocycles. The zero-order chi connectivity index (χ0) is 20.6. The van der Waals surface area contributed by atoms with Crippen LogP contribution >= 0.6 is 0 Å². The van der Waals surface area contributed by atoms with Gasteiger partial charge in [0, 0.05) is 30.7 Å². The van der Waals surface area contributed by atoms with Gasteiger partial charge in [-0.3, -0.25) is 9.79 Å². The molecule has 2 unspecified atom stereocenters. The van der Waals surface area contributed by atoms with E-state index in [0.717, 1.165) is 49.5 Å². The molecular formula is C24H28FN3O. The van der Waals surface area contributed by atoms with Crippen molar-refractivity contribution in [3.63, 3.8) is 0 Å². The second kappa shape index (κ2) is 10.1. The number of hydrogen-bond acceptors (Lipinski definition) is 3. The van der Waals surface area contributed by atoms with Gasteiger partial charge in [-0.1, -0.05) is 48.6 Å². The van der Waals surface area contributed by atoms with E-state index in [-0.39, 0.29) is 17.9 Å². The lowest BCUT2D eigenvalue weighted by molar-refractivity contribution is -0.137. The molecule has 1 aliphatic carbocycles. The SMILES string of the molecule is C=C/C(F)=C\N=C(C)CC1=CCCC(C(=O)N2N=CCC2c2ccccc2)CC1. The van der Waals surface area contributed by atoms with Crippen LogP contribution in [0.15, 0.2) is 76.8 Å². The molecule has 1 amide bonds. The van der Waals surface area contributed by atoms with Crippen LogP contribution in [-0.4, -0.2) is 22.8 Å². The Morgan fingerprint density at radius 2 is 2.14 bits per heavy atom. The predicted octanol–water partition coefficient (Wildman–Crippen LogP) is 5.91. The van der Waals surface area contributed by atoms with Crippen molar-refractivity contribution in [2.45, 2.75) is 51.5 Å². The van der Waals surface area contributed by atoms with E-state index in [2.05, 4.69) is 34.9 Å². The van der Waals surface area contributed by atoms with E-state index in [1.165, 1.54) is 11.8 Å². The summed E-state index contributed by atoms with van der Waals surface area (Å²) in [6, 6.07) is 10.1. The maximum atomic E-state index is 13.2. The van der Waals surface area contributed by atoms with Crippen LogP contribution in [0.4, 0.5) is 4.39 Å². The Kier molecular flexibility index (Phi) is 7.28. The first-order valence-corrected chi connectivity index (χ1v) is 10.2. The third-order valence-corrected chi connectivity index (χ3v) is 5.44. The van der Waals surface area contributed by atoms with Gasteiger partial charge in [0.15, 0.2) is 0 Å². The number of nitrogens with zero attached hydrogens (tertiary/aromatic N) is 3. The molecule has 4 nitrogen and oxygen atoms in total. The fraction of sp³-hybridized carbons (Fsp3) is 0.375. The number of hydrazone groups is 1. The summed E-state index contributed by atoms with van der Waals surface area (Å²) in [5.41, 5.74) is 3.24. The summed E-state index contributed by atoms with van der Waals surface area (Å²) >= 11 is 0. The van der Waals surface area contributed by atoms with Gasteiger partial charge in [-0.25, -0.2) is 9.40 Å². The standard InChI is InChI=1S/C24H28FN3O/c1-3-22(25)17-26-18(2)16-19-8-7-11-21(13-12-19)24(29)28-23(14-15-27-28)20-9-5-4-6-10-20/h3-6,8-10,15,17,21,23H,1,7,11-14,16H2,2H3/b22-17+,26-18?. The Morgan fingerprint density at radius 3 is 2.90 bits per heavy atom. The number of benzene rings is 1. The smallest absolute Gasteiger partial charge is 0.246 e. The van der Waals surface area contributed by atoms with Crippen LogP contribution < -0.4 is 0 Å². The van der Waals surface area contributed by atoms with Crippen LogP contribution in [0.5, 0.6) is 0 Å². The largest absolute Gasteiger partial charge is 0.273 e. The molecule has 29 heavy (non-hydrogen) atoms. The van der Waals surface area contributed by atoms with Gasteiger partial charge in [-0.15, -0.1) is 0 Å². The molecule has 0 saturated carbocycles. The third-order valence-electron chi connectivity index (χ3n) is 5.44. The molecule has 3 rings (SSSR count). The fourth-order valence-electron chi connectivity index (χ4n) is 3.87. The second-order valence-electron chi connectivity index (χ2n) is 7.58. The van der Waals surface area contributed by atoms with Crippen LogP contribution in [-0.2, 0) is 4.79 Å². The number of halogens is 1. The molecular weight excluding hydrogens is 365 g/mol. The van der Waals surface area contributed by atoms with Gasteiger partial charge in [0.1, 0.15) is 5.83 Å². The average Bonchev–Trinajstić information content (AvgIpc) is 3.12. The Bertz CT molecular complexity index is 854. The first-order chi connectivity index (χ1) is 14.1. The summed E-state index contributed by atoms with van der Waals surface area (Å²) in [4.78, 5) is 17.3. The van der Waals surface area contributed by atoms with Crippen molar-refractivity contribution in [2.75, 3.05) is 0 Å². The Labute approximate surface area is 172 Å². The Morgan fingerprint density at radius 1 is 1.34 bits per heavy atom. The minimum Gasteiger partial charge on any atom is -0.273 e. The van der Waals surface area contributed by atoms with Crippen LogP contribution in [0, 0.1) is 5.92 Å². The van der Waals surface area contributed by atoms with Crippen molar-refractivity contribution < 1.29 is 9.18 Å². The molecule has 0 fully saturated rings. The average molecular weight is 394 g/mol. The number of allylic oxidation sites excluding steroid dienone is 4. The summed E-state index contributed by atoms with van der Waals surface area (Å²) in [7, 11) is 0. The molecule has 152 valence electrons. The van der Waals surface area contributed by atoms with Crippen molar-refractivity contribution in [1.29, 1.82) is 0 Å². The molecule has 0 spiro atoms. The van der Waals surface area contributed by atoms with E-state index in [9.17, 15) is 9.18 Å². The number of rotatable bonds is 6. The van der Waals surface area contributed by atoms with E-state index < -0.39 is 5.83 Å². The molecule has 1 aromatic rings. The minimum absolute atomic E-state index is 0.000282. The number of amides is 1. The van der Waals surface area contributed by atoms with Crippen molar-refractivity contribution in [3.05, 3.63) is 72.2 Å². The zero-order valence-corrected chi connectivity index (χ0v) is 16.9. The second-order valence-corrected chi connectivity index (χ2v) is 7.58. The van der Waals surface area contributed by atoms with Gasteiger partial charge in [0.05, 0.1) is 12.2 Å². The number of hydrogen-bond donors (Lipinski definition) is 0. The molecule has 5 heteroatoms. The summed E-state index contributed by atoms with van der Waals surface area (Å²) in [6.07, 6.45) is 11.2. The van der Waals surface area contributed by atoms with Crippen molar-refractivity contribution in [2.24, 2.45) is 16.0 Å². The summed E-state index contributed by atoms with van der Waals surface area (Å²) in [6.45, 7) is 5.27. The number of carbonyl (C=O) groups excluding carboxylic acids is 1. The monoisotopic (exact) mass is 393 g/mol. The van der Waals surface area contributed by atoms with Crippen LogP contribution in [0.25, 0.3) is 0 Å². The van der Waals surface area contributed by atoms with E-state index in [1.54, 1.807) is 5.01 Å². The van der Waals surface area contributed by atoms with Gasteiger partial charge < -0.3 is 0 Å². The maximum absolute atomic E-state index is 13.2. The lowest BCUT2D eigenvalue weighted by Gasteiger charge is -2.26. The lowest BCUT2D eigenvalue weighted by Crippen LogP contribution is -2.32. The lowest BCUT2D eigenvalue weighted by atomic mass is 9.95. The zero-order valence-electron chi connectivity index (χ0n) is 16.9. The maximum Gasteiger partial charge on any atom is 0.246 e. The van der Waals surface area contributed by atoms with E-state index in [4.69, 9.17) is 0 Å². The highest BCUT2D eigenvalue weighted by Gasteiger charge is 2.33. The number of aliphatic imine (C=N–C) groups is 1. The summed E-state index contributed by atoms with van der Waals surface area (Å²) in [5.74, 6) is -0.354. The van der Waals surface area contributed by atoms with Gasteiger partial charge >= 0.3 is 0 Å². The van der Waals surface area contributed by atoms with Gasteiger partial charge in [0.25, 0.3) is 0 Å².